The number of ether oxygens (including phenoxy) is 1. The molecule has 2 heterocycles. The van der Waals surface area contributed by atoms with Gasteiger partial charge in [0.1, 0.15) is 10.9 Å². The summed E-state index contributed by atoms with van der Waals surface area (Å²) in [6, 6.07) is 9.26. The smallest absolute Gasteiger partial charge is 0.407 e. The van der Waals surface area contributed by atoms with Crippen molar-refractivity contribution in [3.63, 3.8) is 0 Å². The molecule has 0 saturated heterocycles. The van der Waals surface area contributed by atoms with E-state index in [0.717, 1.165) is 21.2 Å². The van der Waals surface area contributed by atoms with Gasteiger partial charge in [-0.3, -0.25) is 9.55 Å². The number of nitrogens with zero attached hydrogens (tertiary/aromatic N) is 3. The molecule has 1 amide bonds. The van der Waals surface area contributed by atoms with Crippen LogP contribution in [0.1, 0.15) is 57.1 Å². The van der Waals surface area contributed by atoms with Gasteiger partial charge in [0.2, 0.25) is 0 Å². The monoisotopic (exact) mass is 628 g/mol. The van der Waals surface area contributed by atoms with Crippen LogP contribution in [-0.2, 0) is 31.5 Å². The summed E-state index contributed by atoms with van der Waals surface area (Å²) in [6.07, 6.45) is 3.50. The van der Waals surface area contributed by atoms with Gasteiger partial charge in [0.25, 0.3) is 0 Å². The van der Waals surface area contributed by atoms with Gasteiger partial charge in [-0.1, -0.05) is 48.8 Å². The van der Waals surface area contributed by atoms with Gasteiger partial charge < -0.3 is 23.7 Å². The van der Waals surface area contributed by atoms with E-state index in [1.807, 2.05) is 28.8 Å². The molecule has 0 atom stereocenters. The van der Waals surface area contributed by atoms with E-state index < -0.39 is 13.7 Å². The largest absolute Gasteiger partial charge is 0.441 e. The van der Waals surface area contributed by atoms with E-state index in [9.17, 15) is 9.36 Å². The van der Waals surface area contributed by atoms with Crippen LogP contribution >= 0.6 is 42.6 Å². The van der Waals surface area contributed by atoms with Gasteiger partial charge in [-0.05, 0) is 62.1 Å². The number of amides is 1. The van der Waals surface area contributed by atoms with Crippen LogP contribution in [0.15, 0.2) is 52.6 Å². The molecule has 0 unspecified atom stereocenters. The van der Waals surface area contributed by atoms with Crippen molar-refractivity contribution in [2.75, 3.05) is 25.9 Å². The molecule has 9 nitrogen and oxygen atoms in total. The van der Waals surface area contributed by atoms with Gasteiger partial charge in [0.05, 0.1) is 31.6 Å². The molecular weight excluding hydrogens is 594 g/mol. The van der Waals surface area contributed by atoms with Crippen LogP contribution in [0, 0.1) is 0 Å². The highest BCUT2D eigenvalue weighted by atomic mass is 35.5. The first-order valence-electron chi connectivity index (χ1n) is 13.0. The second-order valence-electron chi connectivity index (χ2n) is 9.05. The number of benzene rings is 1. The lowest BCUT2D eigenvalue weighted by molar-refractivity contribution is 0.135. The van der Waals surface area contributed by atoms with Crippen molar-refractivity contribution in [3.05, 3.63) is 69.9 Å². The van der Waals surface area contributed by atoms with Crippen LogP contribution in [0.4, 0.5) is 4.79 Å². The summed E-state index contributed by atoms with van der Waals surface area (Å²) in [5.41, 5.74) is 1.89. The first kappa shape index (κ1) is 32.4. The zero-order valence-corrected chi connectivity index (χ0v) is 26.3. The van der Waals surface area contributed by atoms with Crippen molar-refractivity contribution in [2.45, 2.75) is 63.1 Å². The molecule has 13 heteroatoms. The first-order valence-corrected chi connectivity index (χ1v) is 16.3. The Morgan fingerprint density at radius 3 is 2.35 bits per heavy atom. The van der Waals surface area contributed by atoms with Gasteiger partial charge in [0.15, 0.2) is 6.61 Å². The molecule has 0 aliphatic heterocycles. The number of hydrogen-bond acceptors (Lipinski definition) is 8. The number of halogens is 2. The van der Waals surface area contributed by atoms with Crippen LogP contribution in [0.25, 0.3) is 0 Å². The fraction of sp³-hybridized carbons (Fsp3) is 0.444. The molecule has 0 fully saturated rings. The number of pyridine rings is 1. The van der Waals surface area contributed by atoms with Crippen molar-refractivity contribution in [2.24, 2.45) is 0 Å². The number of imidazole rings is 1. The summed E-state index contributed by atoms with van der Waals surface area (Å²) in [6.45, 7) is 8.97. The second kappa shape index (κ2) is 15.8. The number of nitrogens with one attached hydrogen (secondary N) is 1. The highest BCUT2D eigenvalue weighted by Gasteiger charge is 2.24. The summed E-state index contributed by atoms with van der Waals surface area (Å²) in [5, 5.41) is 4.70. The molecule has 3 aromatic rings. The number of alkyl carbamates (subject to hydrolysis) is 1. The number of carbonyl (C=O) groups excluding carboxylic acids is 1. The van der Waals surface area contributed by atoms with E-state index in [4.69, 9.17) is 42.0 Å². The molecule has 0 radical (unpaired) electrons. The zero-order chi connectivity index (χ0) is 29.1. The molecule has 0 saturated carbocycles. The lowest BCUT2D eigenvalue weighted by Crippen LogP contribution is -2.26. The minimum Gasteiger partial charge on any atom is -0.441 e. The molecule has 218 valence electrons. The Labute approximate surface area is 249 Å². The van der Waals surface area contributed by atoms with Crippen molar-refractivity contribution in [1.29, 1.82) is 0 Å². The molecular formula is C27H35Cl2N4O5PS. The van der Waals surface area contributed by atoms with E-state index in [2.05, 4.69) is 24.1 Å². The fourth-order valence-corrected chi connectivity index (χ4v) is 7.41. The second-order valence-corrected chi connectivity index (χ2v) is 13.2. The number of rotatable bonds is 15. The number of carbonyl (C=O) groups is 1. The third-order valence-corrected chi connectivity index (χ3v) is 9.27. The molecule has 0 aliphatic rings. The minimum absolute atomic E-state index is 0.0378. The van der Waals surface area contributed by atoms with Gasteiger partial charge in [-0.2, -0.15) is 0 Å². The maximum atomic E-state index is 12.6. The number of aromatic nitrogens is 3. The molecule has 0 aliphatic carbocycles. The zero-order valence-electron chi connectivity index (χ0n) is 23.1. The lowest BCUT2D eigenvalue weighted by Gasteiger charge is -2.16. The summed E-state index contributed by atoms with van der Waals surface area (Å²) in [7, 11) is -3.16. The van der Waals surface area contributed by atoms with E-state index in [0.29, 0.717) is 42.0 Å². The SMILES string of the molecule is CCOP(=O)(CCCNC(=O)OCc1nc(C(C)C)c(Sc2cc(Cl)cc(Cl)c2)n1Cc1ccncc1)OCC. The van der Waals surface area contributed by atoms with Crippen LogP contribution in [0.5, 0.6) is 0 Å². The van der Waals surface area contributed by atoms with Crippen LogP contribution in [-0.4, -0.2) is 46.5 Å². The van der Waals surface area contributed by atoms with Gasteiger partial charge >= 0.3 is 13.7 Å². The molecule has 1 N–H and O–H groups in total. The average molecular weight is 630 g/mol. The molecule has 0 bridgehead atoms. The quantitative estimate of drug-likeness (QED) is 0.134. The first-order chi connectivity index (χ1) is 19.1. The molecule has 1 aromatic carbocycles. The highest BCUT2D eigenvalue weighted by molar-refractivity contribution is 7.99. The molecule has 3 rings (SSSR count). The van der Waals surface area contributed by atoms with Crippen LogP contribution < -0.4 is 5.32 Å². The Bertz CT molecular complexity index is 1280. The average Bonchev–Trinajstić information content (AvgIpc) is 3.22. The van der Waals surface area contributed by atoms with Crippen molar-refractivity contribution < 1.29 is 23.1 Å². The Morgan fingerprint density at radius 1 is 1.10 bits per heavy atom. The Morgan fingerprint density at radius 2 is 1.75 bits per heavy atom. The summed E-state index contributed by atoms with van der Waals surface area (Å²) < 4.78 is 30.8. The van der Waals surface area contributed by atoms with Crippen LogP contribution in [0.2, 0.25) is 10.0 Å². The van der Waals surface area contributed by atoms with Gasteiger partial charge in [-0.25, -0.2) is 9.78 Å². The Balaban J connectivity index is 1.76. The highest BCUT2D eigenvalue weighted by Crippen LogP contribution is 2.48. The summed E-state index contributed by atoms with van der Waals surface area (Å²) in [4.78, 5) is 22.4. The van der Waals surface area contributed by atoms with Crippen LogP contribution in [0.3, 0.4) is 0 Å². The van der Waals surface area contributed by atoms with Gasteiger partial charge in [-0.15, -0.1) is 0 Å². The maximum Gasteiger partial charge on any atom is 0.407 e. The topological polar surface area (TPSA) is 105 Å². The Hall–Kier alpha value is -2.07. The van der Waals surface area contributed by atoms with Crippen molar-refractivity contribution in [3.8, 4) is 0 Å². The van der Waals surface area contributed by atoms with E-state index in [-0.39, 0.29) is 25.2 Å². The third-order valence-electron chi connectivity index (χ3n) is 5.57. The van der Waals surface area contributed by atoms with Gasteiger partial charge in [0, 0.05) is 33.9 Å². The van der Waals surface area contributed by atoms with E-state index in [1.54, 1.807) is 32.3 Å². The van der Waals surface area contributed by atoms with E-state index in [1.165, 1.54) is 11.8 Å². The van der Waals surface area contributed by atoms with E-state index >= 15 is 0 Å². The minimum atomic E-state index is -3.16. The number of hydrogen-bond donors (Lipinski definition) is 1. The summed E-state index contributed by atoms with van der Waals surface area (Å²) in [5.74, 6) is 0.707. The maximum absolute atomic E-state index is 12.6. The van der Waals surface area contributed by atoms with Crippen molar-refractivity contribution in [1.82, 2.24) is 19.9 Å². The normalized spacial score (nSPS) is 11.7. The molecule has 40 heavy (non-hydrogen) atoms. The summed E-state index contributed by atoms with van der Waals surface area (Å²) >= 11 is 14.0. The standard InChI is InChI=1S/C27H35Cl2N4O5PS/c1-5-37-39(35,38-6-2)13-7-10-31-27(34)36-18-24-32-25(19(3)4)26(33(24)17-20-8-11-30-12-9-20)40-23-15-21(28)14-22(29)16-23/h8-9,11-12,14-16,19H,5-7,10,13,17-18H2,1-4H3,(H,31,34). The molecule has 2 aromatic heterocycles. The lowest BCUT2D eigenvalue weighted by atomic mass is 10.1. The molecule has 0 spiro atoms. The predicted molar refractivity (Wildman–Crippen MR) is 159 cm³/mol. The fourth-order valence-electron chi connectivity index (χ4n) is 3.83. The van der Waals surface area contributed by atoms with Crippen molar-refractivity contribution >= 4 is 48.7 Å². The third kappa shape index (κ3) is 9.79. The Kier molecular flexibility index (Phi) is 12.8. The predicted octanol–water partition coefficient (Wildman–Crippen LogP) is 7.79.